The van der Waals surface area contributed by atoms with Gasteiger partial charge in [0, 0.05) is 48.3 Å². The van der Waals surface area contributed by atoms with E-state index in [1.165, 1.54) is 12.5 Å². The number of aromatic nitrogens is 3. The molecule has 8 N–H and O–H groups in total. The summed E-state index contributed by atoms with van der Waals surface area (Å²) in [6.07, 6.45) is 5.56. The van der Waals surface area contributed by atoms with Crippen LogP contribution in [0.2, 0.25) is 0 Å². The number of imidazole rings is 1. The Morgan fingerprint density at radius 2 is 1.48 bits per heavy atom. The Morgan fingerprint density at radius 1 is 0.841 bits per heavy atom. The molecule has 12 nitrogen and oxygen atoms in total. The number of fused-ring (bicyclic) bond motifs is 1. The van der Waals surface area contributed by atoms with Crippen molar-refractivity contribution < 1.29 is 24.3 Å². The maximum absolute atomic E-state index is 13.9. The molecule has 0 aliphatic heterocycles. The molecule has 44 heavy (non-hydrogen) atoms. The van der Waals surface area contributed by atoms with Crippen molar-refractivity contribution in [2.45, 2.75) is 63.7 Å². The molecule has 2 aromatic heterocycles. The van der Waals surface area contributed by atoms with Crippen LogP contribution >= 0.6 is 0 Å². The summed E-state index contributed by atoms with van der Waals surface area (Å²) in [7, 11) is 0. The molecule has 0 bridgehead atoms. The lowest BCUT2D eigenvalue weighted by atomic mass is 9.98. The number of hydrogen-bond acceptors (Lipinski definition) is 6. The normalized spacial score (nSPS) is 14.6. The SMILES string of the molecule is CCC(C)C(N)C(=O)NC(Cc1c[nH]c2ccccc12)C(=O)NC(Cc1ccccc1)C(=O)NC(Cc1cnc[nH]1)C(=O)O. The van der Waals surface area contributed by atoms with Crippen molar-refractivity contribution in [2.75, 3.05) is 0 Å². The fourth-order valence-electron chi connectivity index (χ4n) is 4.93. The van der Waals surface area contributed by atoms with Crippen LogP contribution in [0.5, 0.6) is 0 Å². The van der Waals surface area contributed by atoms with Crippen LogP contribution in [-0.2, 0) is 38.4 Å². The highest BCUT2D eigenvalue weighted by Gasteiger charge is 2.32. The molecule has 0 saturated carbocycles. The predicted molar refractivity (Wildman–Crippen MR) is 165 cm³/mol. The minimum Gasteiger partial charge on any atom is -0.480 e. The van der Waals surface area contributed by atoms with Crippen molar-refractivity contribution in [1.29, 1.82) is 0 Å². The Hall–Kier alpha value is -4.97. The molecule has 2 aromatic carbocycles. The van der Waals surface area contributed by atoms with Gasteiger partial charge >= 0.3 is 5.97 Å². The number of aliphatic carboxylic acids is 1. The molecule has 5 atom stereocenters. The average Bonchev–Trinajstić information content (AvgIpc) is 3.69. The Morgan fingerprint density at radius 3 is 2.14 bits per heavy atom. The summed E-state index contributed by atoms with van der Waals surface area (Å²) >= 11 is 0. The van der Waals surface area contributed by atoms with E-state index < -0.39 is 47.9 Å². The van der Waals surface area contributed by atoms with E-state index in [-0.39, 0.29) is 25.2 Å². The standard InChI is InChI=1S/C32H39N7O5/c1-3-19(2)28(33)31(42)38-26(14-21-16-35-24-12-8-7-11-23(21)24)30(41)37-25(13-20-9-5-4-6-10-20)29(40)39-27(32(43)44)15-22-17-34-18-36-22/h4-12,16-19,25-28,35H,3,13-15,33H2,1-2H3,(H,34,36)(H,37,41)(H,38,42)(H,39,40)(H,43,44). The summed E-state index contributed by atoms with van der Waals surface area (Å²) in [6.45, 7) is 3.79. The smallest absolute Gasteiger partial charge is 0.326 e. The van der Waals surface area contributed by atoms with Gasteiger partial charge in [0.2, 0.25) is 17.7 Å². The number of benzene rings is 2. The van der Waals surface area contributed by atoms with Crippen molar-refractivity contribution in [2.24, 2.45) is 11.7 Å². The summed E-state index contributed by atoms with van der Waals surface area (Å²) in [5, 5.41) is 18.9. The second kappa shape index (κ2) is 15.0. The number of nitrogens with zero attached hydrogens (tertiary/aromatic N) is 1. The first-order valence-corrected chi connectivity index (χ1v) is 14.6. The van der Waals surface area contributed by atoms with E-state index in [2.05, 4.69) is 30.9 Å². The molecule has 4 rings (SSSR count). The van der Waals surface area contributed by atoms with Crippen LogP contribution in [0.3, 0.4) is 0 Å². The van der Waals surface area contributed by atoms with Gasteiger partial charge in [-0.2, -0.15) is 0 Å². The first kappa shape index (κ1) is 32.0. The molecular weight excluding hydrogens is 562 g/mol. The van der Waals surface area contributed by atoms with Gasteiger partial charge in [0.1, 0.15) is 18.1 Å². The minimum atomic E-state index is -1.27. The van der Waals surface area contributed by atoms with Crippen LogP contribution < -0.4 is 21.7 Å². The Kier molecular flexibility index (Phi) is 10.9. The van der Waals surface area contributed by atoms with Gasteiger partial charge in [0.05, 0.1) is 12.4 Å². The molecule has 2 heterocycles. The third-order valence-electron chi connectivity index (χ3n) is 7.80. The van der Waals surface area contributed by atoms with E-state index in [1.54, 1.807) is 18.3 Å². The largest absolute Gasteiger partial charge is 0.480 e. The molecule has 0 radical (unpaired) electrons. The van der Waals surface area contributed by atoms with E-state index in [4.69, 9.17) is 5.73 Å². The van der Waals surface area contributed by atoms with Gasteiger partial charge in [0.25, 0.3) is 0 Å². The van der Waals surface area contributed by atoms with E-state index in [9.17, 15) is 24.3 Å². The molecule has 232 valence electrons. The molecule has 12 heteroatoms. The number of aromatic amines is 2. The molecule has 3 amide bonds. The van der Waals surface area contributed by atoms with Crippen molar-refractivity contribution in [3.05, 3.63) is 90.1 Å². The van der Waals surface area contributed by atoms with E-state index in [0.29, 0.717) is 12.1 Å². The van der Waals surface area contributed by atoms with E-state index in [0.717, 1.165) is 22.0 Å². The first-order chi connectivity index (χ1) is 21.2. The van der Waals surface area contributed by atoms with Gasteiger partial charge in [0.15, 0.2) is 0 Å². The Labute approximate surface area is 255 Å². The summed E-state index contributed by atoms with van der Waals surface area (Å²) in [6, 6.07) is 12.4. The van der Waals surface area contributed by atoms with Gasteiger partial charge in [-0.05, 0) is 23.1 Å². The highest BCUT2D eigenvalue weighted by molar-refractivity contribution is 5.95. The number of nitrogens with one attached hydrogen (secondary N) is 5. The van der Waals surface area contributed by atoms with Crippen molar-refractivity contribution in [3.63, 3.8) is 0 Å². The lowest BCUT2D eigenvalue weighted by molar-refractivity contribution is -0.142. The molecule has 0 fully saturated rings. The maximum Gasteiger partial charge on any atom is 0.326 e. The minimum absolute atomic E-state index is 0.0280. The number of rotatable bonds is 15. The lowest BCUT2D eigenvalue weighted by Crippen LogP contribution is -2.58. The average molecular weight is 602 g/mol. The topological polar surface area (TPSA) is 195 Å². The number of H-pyrrole nitrogens is 2. The van der Waals surface area contributed by atoms with Crippen LogP contribution in [-0.4, -0.2) is 67.9 Å². The summed E-state index contributed by atoms with van der Waals surface area (Å²) in [5.41, 5.74) is 9.16. The number of amides is 3. The number of hydrogen-bond donors (Lipinski definition) is 7. The number of carbonyl (C=O) groups excluding carboxylic acids is 3. The van der Waals surface area contributed by atoms with E-state index >= 15 is 0 Å². The monoisotopic (exact) mass is 601 g/mol. The fourth-order valence-corrected chi connectivity index (χ4v) is 4.93. The van der Waals surface area contributed by atoms with Gasteiger partial charge in [-0.25, -0.2) is 9.78 Å². The first-order valence-electron chi connectivity index (χ1n) is 14.6. The van der Waals surface area contributed by atoms with Gasteiger partial charge in [-0.1, -0.05) is 68.8 Å². The van der Waals surface area contributed by atoms with Crippen LogP contribution in [0.1, 0.15) is 37.1 Å². The van der Waals surface area contributed by atoms with Gasteiger partial charge in [-0.15, -0.1) is 0 Å². The molecule has 4 aromatic rings. The summed E-state index contributed by atoms with van der Waals surface area (Å²) in [5.74, 6) is -3.11. The lowest BCUT2D eigenvalue weighted by Gasteiger charge is -2.26. The number of carboxylic acids is 1. The zero-order valence-corrected chi connectivity index (χ0v) is 24.7. The third kappa shape index (κ3) is 8.32. The predicted octanol–water partition coefficient (Wildman–Crippen LogP) is 1.83. The quantitative estimate of drug-likeness (QED) is 0.108. The van der Waals surface area contributed by atoms with Crippen molar-refractivity contribution in [3.8, 4) is 0 Å². The van der Waals surface area contributed by atoms with Crippen LogP contribution in [0.4, 0.5) is 0 Å². The zero-order chi connectivity index (χ0) is 31.6. The molecular formula is C32H39N7O5. The number of carbonyl (C=O) groups is 4. The molecule has 0 aliphatic rings. The Balaban J connectivity index is 1.59. The fraction of sp³-hybridized carbons (Fsp3) is 0.344. The van der Waals surface area contributed by atoms with Crippen LogP contribution in [0.25, 0.3) is 10.9 Å². The highest BCUT2D eigenvalue weighted by atomic mass is 16.4. The van der Waals surface area contributed by atoms with E-state index in [1.807, 2.05) is 56.3 Å². The van der Waals surface area contributed by atoms with Crippen LogP contribution in [0, 0.1) is 5.92 Å². The number of carboxylic acid groups (broad SMARTS) is 1. The second-order valence-corrected chi connectivity index (χ2v) is 11.0. The van der Waals surface area contributed by atoms with Gasteiger partial charge in [-0.3, -0.25) is 14.4 Å². The maximum atomic E-state index is 13.9. The third-order valence-corrected chi connectivity index (χ3v) is 7.80. The summed E-state index contributed by atoms with van der Waals surface area (Å²) < 4.78 is 0. The Bertz CT molecular complexity index is 1550. The van der Waals surface area contributed by atoms with Crippen molar-refractivity contribution >= 4 is 34.6 Å². The second-order valence-electron chi connectivity index (χ2n) is 11.0. The highest BCUT2D eigenvalue weighted by Crippen LogP contribution is 2.20. The molecule has 0 aliphatic carbocycles. The number of nitrogens with two attached hydrogens (primary N) is 1. The molecule has 0 spiro atoms. The van der Waals surface area contributed by atoms with Crippen LogP contribution in [0.15, 0.2) is 73.3 Å². The molecule has 0 saturated heterocycles. The zero-order valence-electron chi connectivity index (χ0n) is 24.7. The summed E-state index contributed by atoms with van der Waals surface area (Å²) in [4.78, 5) is 62.6. The van der Waals surface area contributed by atoms with Gasteiger partial charge < -0.3 is 36.8 Å². The molecule has 5 unspecified atom stereocenters. The number of para-hydroxylation sites is 1. The van der Waals surface area contributed by atoms with Crippen molar-refractivity contribution in [1.82, 2.24) is 30.9 Å².